The number of hydrogen-bond donors (Lipinski definition) is 1. The third-order valence-corrected chi connectivity index (χ3v) is 4.88. The lowest BCUT2D eigenvalue weighted by Crippen LogP contribution is -2.45. The summed E-state index contributed by atoms with van der Waals surface area (Å²) >= 11 is 0. The lowest BCUT2D eigenvalue weighted by atomic mass is 9.60. The Hall–Kier alpha value is -1.40. The van der Waals surface area contributed by atoms with Gasteiger partial charge < -0.3 is 5.11 Å². The van der Waals surface area contributed by atoms with Crippen LogP contribution in [0.3, 0.4) is 0 Å². The van der Waals surface area contributed by atoms with Crippen molar-refractivity contribution in [1.82, 2.24) is 0 Å². The summed E-state index contributed by atoms with van der Waals surface area (Å²) in [6.07, 6.45) is 3.34. The number of rotatable bonds is 2. The van der Waals surface area contributed by atoms with Crippen LogP contribution in [0.5, 0.6) is 0 Å². The van der Waals surface area contributed by atoms with E-state index in [1.807, 2.05) is 0 Å². The van der Waals surface area contributed by atoms with Crippen molar-refractivity contribution in [2.45, 2.75) is 52.1 Å². The van der Waals surface area contributed by atoms with E-state index in [0.717, 1.165) is 12.8 Å². The molecule has 20 heavy (non-hydrogen) atoms. The molecule has 1 aromatic rings. The van der Waals surface area contributed by atoms with Crippen molar-refractivity contribution < 1.29 is 9.50 Å². The van der Waals surface area contributed by atoms with Crippen LogP contribution in [0.2, 0.25) is 0 Å². The lowest BCUT2D eigenvalue weighted by molar-refractivity contribution is -0.0722. The molecule has 3 atom stereocenters. The highest BCUT2D eigenvalue weighted by atomic mass is 19.1. The van der Waals surface area contributed by atoms with E-state index in [9.17, 15) is 14.8 Å². The normalized spacial score (nSPS) is 29.5. The Morgan fingerprint density at radius 1 is 1.50 bits per heavy atom. The Morgan fingerprint density at radius 3 is 2.75 bits per heavy atom. The van der Waals surface area contributed by atoms with Gasteiger partial charge in [-0.15, -0.1) is 0 Å². The molecule has 0 aromatic heterocycles. The molecule has 1 saturated carbocycles. The van der Waals surface area contributed by atoms with E-state index >= 15 is 0 Å². The molecule has 2 rings (SSSR count). The fourth-order valence-corrected chi connectivity index (χ4v) is 3.38. The van der Waals surface area contributed by atoms with Crippen molar-refractivity contribution in [2.24, 2.45) is 11.3 Å². The fraction of sp³-hybridized carbons (Fsp3) is 0.588. The highest BCUT2D eigenvalue weighted by molar-refractivity contribution is 5.32. The Kier molecular flexibility index (Phi) is 3.88. The van der Waals surface area contributed by atoms with E-state index in [2.05, 4.69) is 13.0 Å². The molecule has 0 aliphatic heterocycles. The van der Waals surface area contributed by atoms with Crippen molar-refractivity contribution in [3.8, 4) is 6.07 Å². The summed E-state index contributed by atoms with van der Waals surface area (Å²) in [6.45, 7) is 5.45. The van der Waals surface area contributed by atoms with Crippen molar-refractivity contribution >= 4 is 0 Å². The minimum absolute atomic E-state index is 0.334. The van der Waals surface area contributed by atoms with E-state index in [1.165, 1.54) is 6.07 Å². The number of benzene rings is 1. The van der Waals surface area contributed by atoms with E-state index in [1.54, 1.807) is 26.0 Å². The zero-order valence-corrected chi connectivity index (χ0v) is 12.4. The molecule has 0 bridgehead atoms. The van der Waals surface area contributed by atoms with Gasteiger partial charge in [0.1, 0.15) is 11.4 Å². The summed E-state index contributed by atoms with van der Waals surface area (Å²) in [5.41, 5.74) is -1.11. The van der Waals surface area contributed by atoms with Gasteiger partial charge >= 0.3 is 0 Å². The molecule has 2 nitrogen and oxygen atoms in total. The smallest absolute Gasteiger partial charge is 0.126 e. The van der Waals surface area contributed by atoms with Crippen molar-refractivity contribution in [2.75, 3.05) is 0 Å². The molecular weight excluding hydrogens is 253 g/mol. The van der Waals surface area contributed by atoms with Crippen LogP contribution in [0.4, 0.5) is 4.39 Å². The maximum absolute atomic E-state index is 13.8. The summed E-state index contributed by atoms with van der Waals surface area (Å²) < 4.78 is 13.8. The van der Waals surface area contributed by atoms with Gasteiger partial charge in [0.25, 0.3) is 0 Å². The average molecular weight is 275 g/mol. The molecule has 0 saturated heterocycles. The third-order valence-electron chi connectivity index (χ3n) is 4.88. The molecule has 3 unspecified atom stereocenters. The molecule has 1 aliphatic carbocycles. The van der Waals surface area contributed by atoms with Gasteiger partial charge in [-0.2, -0.15) is 5.26 Å². The van der Waals surface area contributed by atoms with Crippen LogP contribution < -0.4 is 0 Å². The molecule has 108 valence electrons. The molecule has 0 spiro atoms. The molecule has 1 aromatic carbocycles. The van der Waals surface area contributed by atoms with Gasteiger partial charge in [0.15, 0.2) is 0 Å². The maximum atomic E-state index is 13.8. The average Bonchev–Trinajstić information content (AvgIpc) is 2.41. The van der Waals surface area contributed by atoms with Gasteiger partial charge in [-0.1, -0.05) is 31.9 Å². The van der Waals surface area contributed by atoms with Gasteiger partial charge in [-0.05, 0) is 49.8 Å². The number of aliphatic hydroxyl groups is 1. The third kappa shape index (κ3) is 2.33. The molecule has 3 heteroatoms. The minimum atomic E-state index is -1.33. The predicted octanol–water partition coefficient (Wildman–Crippen LogP) is 4.06. The number of aryl methyl sites for hydroxylation is 1. The fourth-order valence-electron chi connectivity index (χ4n) is 3.38. The highest BCUT2D eigenvalue weighted by Gasteiger charge is 2.50. The van der Waals surface area contributed by atoms with Crippen molar-refractivity contribution in [1.29, 1.82) is 5.26 Å². The van der Waals surface area contributed by atoms with E-state index in [-0.39, 0.29) is 5.82 Å². The van der Waals surface area contributed by atoms with Crippen LogP contribution in [0.1, 0.15) is 50.7 Å². The van der Waals surface area contributed by atoms with Gasteiger partial charge in [0.2, 0.25) is 0 Å². The van der Waals surface area contributed by atoms with Crippen molar-refractivity contribution in [3.05, 3.63) is 35.1 Å². The SMILES string of the molecule is Cc1ccc(C(C)(O)C2(C#N)CCCC(C)C2)cc1F. The first-order chi connectivity index (χ1) is 9.32. The van der Waals surface area contributed by atoms with Crippen LogP contribution in [0.15, 0.2) is 18.2 Å². The summed E-state index contributed by atoms with van der Waals surface area (Å²) in [5.74, 6) is 0.0740. The first-order valence-corrected chi connectivity index (χ1v) is 7.23. The van der Waals surface area contributed by atoms with Crippen LogP contribution in [-0.4, -0.2) is 5.11 Å². The summed E-state index contributed by atoms with van der Waals surface area (Å²) in [4.78, 5) is 0. The monoisotopic (exact) mass is 275 g/mol. The number of nitrogens with zero attached hydrogens (tertiary/aromatic N) is 1. The summed E-state index contributed by atoms with van der Waals surface area (Å²) in [5, 5.41) is 20.7. The minimum Gasteiger partial charge on any atom is -0.384 e. The van der Waals surface area contributed by atoms with E-state index in [4.69, 9.17) is 0 Å². The Morgan fingerprint density at radius 2 is 2.20 bits per heavy atom. The highest BCUT2D eigenvalue weighted by Crippen LogP contribution is 2.51. The topological polar surface area (TPSA) is 44.0 Å². The molecule has 0 amide bonds. The number of hydrogen-bond acceptors (Lipinski definition) is 2. The maximum Gasteiger partial charge on any atom is 0.126 e. The van der Waals surface area contributed by atoms with Crippen LogP contribution in [0, 0.1) is 35.4 Å². The van der Waals surface area contributed by atoms with Crippen LogP contribution in [-0.2, 0) is 5.60 Å². The quantitative estimate of drug-likeness (QED) is 0.884. The molecule has 1 N–H and O–H groups in total. The largest absolute Gasteiger partial charge is 0.384 e. The van der Waals surface area contributed by atoms with Gasteiger partial charge in [-0.3, -0.25) is 0 Å². The summed E-state index contributed by atoms with van der Waals surface area (Å²) in [6, 6.07) is 7.11. The van der Waals surface area contributed by atoms with Gasteiger partial charge in [0.05, 0.1) is 11.5 Å². The molecule has 0 radical (unpaired) electrons. The van der Waals surface area contributed by atoms with Crippen LogP contribution in [0.25, 0.3) is 0 Å². The molecular formula is C17H22FNO. The standard InChI is InChI=1S/C17H22FNO/c1-12-5-4-8-17(10-12,11-19)16(3,20)14-7-6-13(2)15(18)9-14/h6-7,9,12,20H,4-5,8,10H2,1-3H3. The lowest BCUT2D eigenvalue weighted by Gasteiger charge is -2.45. The second-order valence-electron chi connectivity index (χ2n) is 6.43. The Labute approximate surface area is 120 Å². The zero-order chi connectivity index (χ0) is 15.0. The van der Waals surface area contributed by atoms with Gasteiger partial charge in [0, 0.05) is 0 Å². The second-order valence-corrected chi connectivity index (χ2v) is 6.43. The van der Waals surface area contributed by atoms with E-state index < -0.39 is 11.0 Å². The predicted molar refractivity (Wildman–Crippen MR) is 76.4 cm³/mol. The zero-order valence-electron chi connectivity index (χ0n) is 12.4. The summed E-state index contributed by atoms with van der Waals surface area (Å²) in [7, 11) is 0. The molecule has 1 aliphatic rings. The second kappa shape index (κ2) is 5.18. The Bertz CT molecular complexity index is 546. The van der Waals surface area contributed by atoms with Crippen molar-refractivity contribution in [3.63, 3.8) is 0 Å². The number of nitriles is 1. The first kappa shape index (κ1) is 15.0. The van der Waals surface area contributed by atoms with E-state index in [0.29, 0.717) is 29.9 Å². The molecule has 1 fully saturated rings. The van der Waals surface area contributed by atoms with Crippen LogP contribution >= 0.6 is 0 Å². The first-order valence-electron chi connectivity index (χ1n) is 7.23. The molecule has 0 heterocycles. The Balaban J connectivity index is 2.46. The number of halogens is 1. The van der Waals surface area contributed by atoms with Gasteiger partial charge in [-0.25, -0.2) is 4.39 Å².